The summed E-state index contributed by atoms with van der Waals surface area (Å²) in [4.78, 5) is 11.6. The number of carbonyl (C=O) groups is 1. The first-order valence-electron chi connectivity index (χ1n) is 6.78. The standard InChI is InChI=1S/C16H16BrFN2O2/c17-13-5-7-14(8-6-13)22-10-9-19-16(21)20-11-12-3-1-2-4-15(12)18/h1-8H,9-11H2,(H2,19,20,21). The van der Waals surface area contributed by atoms with Gasteiger partial charge in [-0.2, -0.15) is 0 Å². The molecule has 22 heavy (non-hydrogen) atoms. The molecule has 0 aliphatic rings. The van der Waals surface area contributed by atoms with Gasteiger partial charge in [0.05, 0.1) is 6.54 Å². The Hall–Kier alpha value is -2.08. The number of urea groups is 1. The number of amides is 2. The molecule has 0 atom stereocenters. The quantitative estimate of drug-likeness (QED) is 0.769. The Kier molecular flexibility index (Phi) is 6.21. The van der Waals surface area contributed by atoms with Gasteiger partial charge >= 0.3 is 6.03 Å². The van der Waals surface area contributed by atoms with E-state index >= 15 is 0 Å². The highest BCUT2D eigenvalue weighted by Gasteiger charge is 2.03. The first-order valence-corrected chi connectivity index (χ1v) is 7.58. The lowest BCUT2D eigenvalue weighted by Crippen LogP contribution is -2.37. The maximum Gasteiger partial charge on any atom is 0.315 e. The lowest BCUT2D eigenvalue weighted by molar-refractivity contribution is 0.236. The fourth-order valence-corrected chi connectivity index (χ4v) is 2.01. The molecule has 0 aliphatic carbocycles. The van der Waals surface area contributed by atoms with Gasteiger partial charge in [-0.15, -0.1) is 0 Å². The van der Waals surface area contributed by atoms with E-state index in [1.54, 1.807) is 18.2 Å². The summed E-state index contributed by atoms with van der Waals surface area (Å²) in [5.41, 5.74) is 0.448. The maximum absolute atomic E-state index is 13.4. The SMILES string of the molecule is O=C(NCCOc1ccc(Br)cc1)NCc1ccccc1F. The number of hydrogen-bond donors (Lipinski definition) is 2. The van der Waals surface area contributed by atoms with Gasteiger partial charge in [-0.25, -0.2) is 9.18 Å². The van der Waals surface area contributed by atoms with Gasteiger partial charge in [-0.05, 0) is 30.3 Å². The van der Waals surface area contributed by atoms with Crippen molar-refractivity contribution in [1.29, 1.82) is 0 Å². The molecule has 0 unspecified atom stereocenters. The van der Waals surface area contributed by atoms with Gasteiger partial charge in [0.25, 0.3) is 0 Å². The highest BCUT2D eigenvalue weighted by atomic mass is 79.9. The van der Waals surface area contributed by atoms with Crippen LogP contribution >= 0.6 is 15.9 Å². The lowest BCUT2D eigenvalue weighted by atomic mass is 10.2. The second kappa shape index (κ2) is 8.38. The second-order valence-electron chi connectivity index (χ2n) is 4.50. The van der Waals surface area contributed by atoms with E-state index in [-0.39, 0.29) is 18.4 Å². The smallest absolute Gasteiger partial charge is 0.315 e. The first-order chi connectivity index (χ1) is 10.6. The van der Waals surface area contributed by atoms with Crippen molar-refractivity contribution in [3.05, 3.63) is 64.4 Å². The Labute approximate surface area is 136 Å². The van der Waals surface area contributed by atoms with Crippen LogP contribution in [0, 0.1) is 5.82 Å². The van der Waals surface area contributed by atoms with Gasteiger partial charge in [-0.1, -0.05) is 34.1 Å². The Morgan fingerprint density at radius 3 is 2.55 bits per heavy atom. The molecule has 0 heterocycles. The number of hydrogen-bond acceptors (Lipinski definition) is 2. The van der Waals surface area contributed by atoms with Gasteiger partial charge in [-0.3, -0.25) is 0 Å². The molecule has 2 aromatic carbocycles. The average Bonchev–Trinajstić information content (AvgIpc) is 2.52. The zero-order chi connectivity index (χ0) is 15.8. The van der Waals surface area contributed by atoms with E-state index in [4.69, 9.17) is 4.74 Å². The molecule has 0 radical (unpaired) electrons. The van der Waals surface area contributed by atoms with Crippen LogP contribution in [-0.2, 0) is 6.54 Å². The minimum Gasteiger partial charge on any atom is -0.492 e. The molecule has 6 heteroatoms. The molecule has 0 aromatic heterocycles. The van der Waals surface area contributed by atoms with Gasteiger partial charge in [0.1, 0.15) is 18.2 Å². The van der Waals surface area contributed by atoms with Gasteiger partial charge in [0.2, 0.25) is 0 Å². The molecule has 4 nitrogen and oxygen atoms in total. The van der Waals surface area contributed by atoms with Gasteiger partial charge in [0.15, 0.2) is 0 Å². The molecule has 116 valence electrons. The molecule has 0 saturated carbocycles. The topological polar surface area (TPSA) is 50.4 Å². The van der Waals surface area contributed by atoms with Crippen LogP contribution in [0.15, 0.2) is 53.0 Å². The van der Waals surface area contributed by atoms with Crippen molar-refractivity contribution >= 4 is 22.0 Å². The number of benzene rings is 2. The van der Waals surface area contributed by atoms with Crippen molar-refractivity contribution in [2.75, 3.05) is 13.2 Å². The van der Waals surface area contributed by atoms with Crippen LogP contribution in [0.2, 0.25) is 0 Å². The van der Waals surface area contributed by atoms with Crippen LogP contribution in [0.3, 0.4) is 0 Å². The minimum atomic E-state index is -0.359. The number of rotatable bonds is 6. The molecule has 0 saturated heterocycles. The van der Waals surface area contributed by atoms with Crippen LogP contribution in [0.1, 0.15) is 5.56 Å². The van der Waals surface area contributed by atoms with Crippen LogP contribution < -0.4 is 15.4 Å². The number of halogens is 2. The van der Waals surface area contributed by atoms with E-state index in [0.717, 1.165) is 10.2 Å². The van der Waals surface area contributed by atoms with Crippen molar-refractivity contribution < 1.29 is 13.9 Å². The van der Waals surface area contributed by atoms with E-state index in [2.05, 4.69) is 26.6 Å². The fourth-order valence-electron chi connectivity index (χ4n) is 1.74. The second-order valence-corrected chi connectivity index (χ2v) is 5.42. The van der Waals surface area contributed by atoms with E-state index in [1.807, 2.05) is 24.3 Å². The predicted octanol–water partition coefficient (Wildman–Crippen LogP) is 3.47. The Balaban J connectivity index is 1.64. The fraction of sp³-hybridized carbons (Fsp3) is 0.188. The molecule has 0 aliphatic heterocycles. The third-order valence-corrected chi connectivity index (χ3v) is 3.40. The average molecular weight is 367 g/mol. The zero-order valence-electron chi connectivity index (χ0n) is 11.8. The predicted molar refractivity (Wildman–Crippen MR) is 86.3 cm³/mol. The molecule has 2 rings (SSSR count). The monoisotopic (exact) mass is 366 g/mol. The molecular weight excluding hydrogens is 351 g/mol. The third-order valence-electron chi connectivity index (χ3n) is 2.87. The van der Waals surface area contributed by atoms with Crippen LogP contribution in [0.4, 0.5) is 9.18 Å². The van der Waals surface area contributed by atoms with E-state index in [1.165, 1.54) is 6.07 Å². The Bertz CT molecular complexity index is 620. The molecule has 0 spiro atoms. The van der Waals surface area contributed by atoms with Crippen molar-refractivity contribution in [2.45, 2.75) is 6.54 Å². The van der Waals surface area contributed by atoms with Crippen molar-refractivity contribution in [3.8, 4) is 5.75 Å². The zero-order valence-corrected chi connectivity index (χ0v) is 13.4. The molecule has 2 N–H and O–H groups in total. The molecular formula is C16H16BrFN2O2. The summed E-state index contributed by atoms with van der Waals surface area (Å²) in [6.45, 7) is 0.861. The lowest BCUT2D eigenvalue weighted by Gasteiger charge is -2.09. The summed E-state index contributed by atoms with van der Waals surface area (Å²) < 4.78 is 19.8. The maximum atomic E-state index is 13.4. The summed E-state index contributed by atoms with van der Waals surface area (Å²) in [5, 5.41) is 5.24. The summed E-state index contributed by atoms with van der Waals surface area (Å²) in [6, 6.07) is 13.4. The van der Waals surface area contributed by atoms with Crippen LogP contribution in [-0.4, -0.2) is 19.2 Å². The van der Waals surface area contributed by atoms with Gasteiger partial charge in [0, 0.05) is 16.6 Å². The summed E-state index contributed by atoms with van der Waals surface area (Å²) in [7, 11) is 0. The van der Waals surface area contributed by atoms with Crippen LogP contribution in [0.25, 0.3) is 0 Å². The molecule has 2 aromatic rings. The van der Waals surface area contributed by atoms with E-state index in [9.17, 15) is 9.18 Å². The minimum absolute atomic E-state index is 0.145. The molecule has 0 bridgehead atoms. The summed E-state index contributed by atoms with van der Waals surface area (Å²) in [5.74, 6) is 0.401. The van der Waals surface area contributed by atoms with Crippen molar-refractivity contribution in [1.82, 2.24) is 10.6 Å². The van der Waals surface area contributed by atoms with Crippen molar-refractivity contribution in [3.63, 3.8) is 0 Å². The molecule has 0 fully saturated rings. The first kappa shape index (κ1) is 16.3. The Morgan fingerprint density at radius 1 is 1.09 bits per heavy atom. The molecule has 2 amide bonds. The number of ether oxygens (including phenoxy) is 1. The van der Waals surface area contributed by atoms with Crippen LogP contribution in [0.5, 0.6) is 5.75 Å². The summed E-state index contributed by atoms with van der Waals surface area (Å²) >= 11 is 3.34. The largest absolute Gasteiger partial charge is 0.492 e. The number of nitrogens with one attached hydrogen (secondary N) is 2. The summed E-state index contributed by atoms with van der Waals surface area (Å²) in [6.07, 6.45) is 0. The van der Waals surface area contributed by atoms with Gasteiger partial charge < -0.3 is 15.4 Å². The highest BCUT2D eigenvalue weighted by molar-refractivity contribution is 9.10. The van der Waals surface area contributed by atoms with E-state index < -0.39 is 0 Å². The highest BCUT2D eigenvalue weighted by Crippen LogP contribution is 2.15. The normalized spacial score (nSPS) is 10.1. The Morgan fingerprint density at radius 2 is 1.82 bits per heavy atom. The number of carbonyl (C=O) groups excluding carboxylic acids is 1. The van der Waals surface area contributed by atoms with E-state index in [0.29, 0.717) is 18.7 Å². The van der Waals surface area contributed by atoms with Crippen molar-refractivity contribution in [2.24, 2.45) is 0 Å². The third kappa shape index (κ3) is 5.37.